The largest absolute Gasteiger partial charge is 0.495 e. The van der Waals surface area contributed by atoms with Crippen molar-refractivity contribution in [3.63, 3.8) is 0 Å². The zero-order chi connectivity index (χ0) is 23.6. The quantitative estimate of drug-likeness (QED) is 0.640. The van der Waals surface area contributed by atoms with Crippen molar-refractivity contribution in [2.24, 2.45) is 0 Å². The smallest absolute Gasteiger partial charge is 0.246 e. The lowest BCUT2D eigenvalue weighted by Crippen LogP contribution is -2.40. The number of hydrogen-bond donors (Lipinski definition) is 0. The number of fused-ring (bicyclic) bond motifs is 1. The first-order valence-electron chi connectivity index (χ1n) is 11.1. The fourth-order valence-corrected chi connectivity index (χ4v) is 6.11. The van der Waals surface area contributed by atoms with Crippen LogP contribution in [0.3, 0.4) is 0 Å². The molecule has 0 unspecified atom stereocenters. The molecule has 2 aromatic carbocycles. The summed E-state index contributed by atoms with van der Waals surface area (Å²) in [6.45, 7) is 3.93. The highest BCUT2D eigenvalue weighted by Crippen LogP contribution is 2.38. The van der Waals surface area contributed by atoms with Crippen LogP contribution < -0.4 is 14.4 Å². The zero-order valence-electron chi connectivity index (χ0n) is 19.3. The van der Waals surface area contributed by atoms with E-state index in [9.17, 15) is 13.2 Å². The number of nitrogens with zero attached hydrogens (tertiary/aromatic N) is 2. The van der Waals surface area contributed by atoms with Gasteiger partial charge in [0.1, 0.15) is 16.4 Å². The van der Waals surface area contributed by atoms with E-state index >= 15 is 0 Å². The van der Waals surface area contributed by atoms with Crippen LogP contribution in [-0.4, -0.2) is 65.7 Å². The van der Waals surface area contributed by atoms with E-state index in [0.29, 0.717) is 44.2 Å². The van der Waals surface area contributed by atoms with Gasteiger partial charge in [-0.3, -0.25) is 4.79 Å². The van der Waals surface area contributed by atoms with Crippen LogP contribution in [0, 0.1) is 6.92 Å². The van der Waals surface area contributed by atoms with Gasteiger partial charge in [0.15, 0.2) is 0 Å². The molecule has 9 heteroatoms. The minimum atomic E-state index is -3.77. The summed E-state index contributed by atoms with van der Waals surface area (Å²) in [4.78, 5) is 15.2. The van der Waals surface area contributed by atoms with E-state index in [0.717, 1.165) is 29.7 Å². The Bertz CT molecular complexity index is 1140. The van der Waals surface area contributed by atoms with Crippen LogP contribution in [0.1, 0.15) is 23.1 Å². The SMILES string of the molecule is COc1ccc(CC(=O)N2CCCc3c(C)ccc(OC)c32)cc1S(=O)(=O)N1CCOCC1. The molecule has 0 atom stereocenters. The van der Waals surface area contributed by atoms with Gasteiger partial charge in [0.2, 0.25) is 15.9 Å². The molecule has 1 fully saturated rings. The average molecular weight is 475 g/mol. The number of ether oxygens (including phenoxy) is 3. The zero-order valence-corrected chi connectivity index (χ0v) is 20.1. The van der Waals surface area contributed by atoms with Crippen molar-refractivity contribution in [2.45, 2.75) is 31.1 Å². The number of rotatable bonds is 6. The van der Waals surface area contributed by atoms with Crippen molar-refractivity contribution in [3.8, 4) is 11.5 Å². The fraction of sp³-hybridized carbons (Fsp3) is 0.458. The van der Waals surface area contributed by atoms with E-state index in [-0.39, 0.29) is 23.0 Å². The topological polar surface area (TPSA) is 85.4 Å². The van der Waals surface area contributed by atoms with Crippen molar-refractivity contribution in [1.82, 2.24) is 4.31 Å². The molecule has 178 valence electrons. The molecule has 0 N–H and O–H groups in total. The fourth-order valence-electron chi connectivity index (χ4n) is 4.50. The molecule has 4 rings (SSSR count). The first-order valence-corrected chi connectivity index (χ1v) is 12.5. The molecule has 2 aliphatic heterocycles. The van der Waals surface area contributed by atoms with Crippen LogP contribution >= 0.6 is 0 Å². The van der Waals surface area contributed by atoms with Crippen LogP contribution in [0.2, 0.25) is 0 Å². The van der Waals surface area contributed by atoms with Gasteiger partial charge in [0.05, 0.1) is 39.5 Å². The molecular weight excluding hydrogens is 444 g/mol. The van der Waals surface area contributed by atoms with Gasteiger partial charge in [-0.1, -0.05) is 12.1 Å². The first-order chi connectivity index (χ1) is 15.9. The van der Waals surface area contributed by atoms with Crippen LogP contribution in [0.5, 0.6) is 11.5 Å². The molecule has 2 aliphatic rings. The maximum atomic E-state index is 13.4. The van der Waals surface area contributed by atoms with Crippen molar-refractivity contribution in [2.75, 3.05) is 52.0 Å². The van der Waals surface area contributed by atoms with Crippen molar-refractivity contribution >= 4 is 21.6 Å². The second-order valence-electron chi connectivity index (χ2n) is 8.24. The maximum absolute atomic E-state index is 13.4. The molecule has 0 saturated carbocycles. The van der Waals surface area contributed by atoms with Gasteiger partial charge in [0.25, 0.3) is 0 Å². The number of aryl methyl sites for hydroxylation is 1. The summed E-state index contributed by atoms with van der Waals surface area (Å²) in [5.41, 5.74) is 3.70. The highest BCUT2D eigenvalue weighted by atomic mass is 32.2. The van der Waals surface area contributed by atoms with Crippen LogP contribution in [0.4, 0.5) is 5.69 Å². The van der Waals surface area contributed by atoms with Gasteiger partial charge < -0.3 is 19.1 Å². The normalized spacial score (nSPS) is 16.9. The number of methoxy groups -OCH3 is 2. The average Bonchev–Trinajstić information content (AvgIpc) is 2.84. The molecule has 1 amide bonds. The number of benzene rings is 2. The lowest BCUT2D eigenvalue weighted by atomic mass is 9.95. The third-order valence-electron chi connectivity index (χ3n) is 6.25. The van der Waals surface area contributed by atoms with Crippen LogP contribution in [0.15, 0.2) is 35.2 Å². The standard InChI is InChI=1S/C24H30N2O6S/c1-17-6-8-21(31-3)24-19(17)5-4-10-26(24)23(27)16-18-7-9-20(30-2)22(15-18)33(28,29)25-11-13-32-14-12-25/h6-9,15H,4-5,10-14,16H2,1-3H3. The molecule has 0 bridgehead atoms. The minimum absolute atomic E-state index is 0.0738. The predicted molar refractivity (Wildman–Crippen MR) is 125 cm³/mol. The summed E-state index contributed by atoms with van der Waals surface area (Å²) in [6, 6.07) is 8.82. The van der Waals surface area contributed by atoms with Crippen molar-refractivity contribution < 1.29 is 27.4 Å². The Morgan fingerprint density at radius 2 is 1.73 bits per heavy atom. The number of carbonyl (C=O) groups excluding carboxylic acids is 1. The number of anilines is 1. The van der Waals surface area contributed by atoms with E-state index in [4.69, 9.17) is 14.2 Å². The highest BCUT2D eigenvalue weighted by Gasteiger charge is 2.31. The summed E-state index contributed by atoms with van der Waals surface area (Å²) in [5.74, 6) is 0.840. The number of morpholine rings is 1. The second-order valence-corrected chi connectivity index (χ2v) is 10.1. The molecule has 33 heavy (non-hydrogen) atoms. The third-order valence-corrected chi connectivity index (χ3v) is 8.17. The molecule has 0 radical (unpaired) electrons. The van der Waals surface area contributed by atoms with Gasteiger partial charge in [0, 0.05) is 19.6 Å². The molecule has 2 aromatic rings. The number of amides is 1. The van der Waals surface area contributed by atoms with Gasteiger partial charge >= 0.3 is 0 Å². The van der Waals surface area contributed by atoms with E-state index in [1.807, 2.05) is 19.1 Å². The summed E-state index contributed by atoms with van der Waals surface area (Å²) in [7, 11) is -0.722. The minimum Gasteiger partial charge on any atom is -0.495 e. The predicted octanol–water partition coefficient (Wildman–Crippen LogP) is 2.56. The summed E-state index contributed by atoms with van der Waals surface area (Å²) in [6.07, 6.45) is 1.84. The van der Waals surface area contributed by atoms with Gasteiger partial charge in [-0.05, 0) is 54.7 Å². The Hall–Kier alpha value is -2.62. The maximum Gasteiger partial charge on any atom is 0.246 e. The van der Waals surface area contributed by atoms with Crippen molar-refractivity contribution in [1.29, 1.82) is 0 Å². The van der Waals surface area contributed by atoms with E-state index in [1.165, 1.54) is 11.4 Å². The Morgan fingerprint density at radius 3 is 2.42 bits per heavy atom. The Morgan fingerprint density at radius 1 is 1.03 bits per heavy atom. The van der Waals surface area contributed by atoms with E-state index in [1.54, 1.807) is 30.2 Å². The second kappa shape index (κ2) is 9.70. The molecule has 0 aromatic heterocycles. The van der Waals surface area contributed by atoms with Gasteiger partial charge in [-0.2, -0.15) is 4.31 Å². The highest BCUT2D eigenvalue weighted by molar-refractivity contribution is 7.89. The van der Waals surface area contributed by atoms with Crippen LogP contribution in [0.25, 0.3) is 0 Å². The van der Waals surface area contributed by atoms with Gasteiger partial charge in [-0.25, -0.2) is 8.42 Å². The third kappa shape index (κ3) is 4.58. The molecule has 2 heterocycles. The number of carbonyl (C=O) groups is 1. The molecular formula is C24H30N2O6S. The lowest BCUT2D eigenvalue weighted by Gasteiger charge is -2.32. The number of sulfonamides is 1. The molecule has 0 aliphatic carbocycles. The molecule has 8 nitrogen and oxygen atoms in total. The van der Waals surface area contributed by atoms with E-state index in [2.05, 4.69) is 0 Å². The van der Waals surface area contributed by atoms with E-state index < -0.39 is 10.0 Å². The summed E-state index contributed by atoms with van der Waals surface area (Å²) in [5, 5.41) is 0. The van der Waals surface area contributed by atoms with Crippen molar-refractivity contribution in [3.05, 3.63) is 47.0 Å². The lowest BCUT2D eigenvalue weighted by molar-refractivity contribution is -0.118. The Balaban J connectivity index is 1.64. The summed E-state index contributed by atoms with van der Waals surface area (Å²) < 4.78 is 44.1. The summed E-state index contributed by atoms with van der Waals surface area (Å²) >= 11 is 0. The van der Waals surface area contributed by atoms with Gasteiger partial charge in [-0.15, -0.1) is 0 Å². The number of hydrogen-bond acceptors (Lipinski definition) is 6. The first kappa shape index (κ1) is 23.5. The molecule has 0 spiro atoms. The Labute approximate surface area is 195 Å². The Kier molecular flexibility index (Phi) is 6.92. The monoisotopic (exact) mass is 474 g/mol. The van der Waals surface area contributed by atoms with Crippen LogP contribution in [-0.2, 0) is 32.4 Å². The molecule has 1 saturated heterocycles.